The molecular weight excluding hydrogens is 312 g/mol. The first-order valence-electron chi connectivity index (χ1n) is 6.17. The molecule has 1 aromatic heterocycles. The number of aromatic nitrogens is 1. The monoisotopic (exact) mass is 324 g/mol. The second kappa shape index (κ2) is 6.24. The van der Waals surface area contributed by atoms with Crippen LogP contribution in [0, 0.1) is 0 Å². The van der Waals surface area contributed by atoms with Crippen molar-refractivity contribution in [3.05, 3.63) is 53.3 Å². The largest absolute Gasteiger partial charge is 0.322 e. The summed E-state index contributed by atoms with van der Waals surface area (Å²) in [5, 5.41) is 2.90. The number of rotatable bonds is 4. The number of nitrogens with zero attached hydrogens (tertiary/aromatic N) is 1. The third kappa shape index (κ3) is 3.59. The molecule has 110 valence electrons. The van der Waals surface area contributed by atoms with Crippen molar-refractivity contribution in [1.29, 1.82) is 0 Å². The van der Waals surface area contributed by atoms with E-state index >= 15 is 0 Å². The zero-order chi connectivity index (χ0) is 15.5. The smallest absolute Gasteiger partial charge is 0.257 e. The molecule has 0 bridgehead atoms. The highest BCUT2D eigenvalue weighted by Gasteiger charge is 2.13. The van der Waals surface area contributed by atoms with Gasteiger partial charge in [0.25, 0.3) is 5.91 Å². The van der Waals surface area contributed by atoms with Crippen molar-refractivity contribution in [3.8, 4) is 0 Å². The van der Waals surface area contributed by atoms with Gasteiger partial charge >= 0.3 is 0 Å². The van der Waals surface area contributed by atoms with Gasteiger partial charge in [-0.05, 0) is 30.3 Å². The van der Waals surface area contributed by atoms with Gasteiger partial charge in [-0.1, -0.05) is 18.5 Å². The lowest BCUT2D eigenvalue weighted by molar-refractivity contribution is 0.102. The summed E-state index contributed by atoms with van der Waals surface area (Å²) < 4.78 is 23.4. The van der Waals surface area contributed by atoms with E-state index in [1.54, 1.807) is 6.92 Å². The van der Waals surface area contributed by atoms with E-state index in [1.807, 2.05) is 0 Å². The van der Waals surface area contributed by atoms with Crippen LogP contribution in [0.5, 0.6) is 0 Å². The van der Waals surface area contributed by atoms with Gasteiger partial charge in [-0.15, -0.1) is 0 Å². The molecule has 1 N–H and O–H groups in total. The molecule has 0 aliphatic heterocycles. The summed E-state index contributed by atoms with van der Waals surface area (Å²) in [5.41, 5.74) is 0.792. The molecule has 5 nitrogen and oxygen atoms in total. The summed E-state index contributed by atoms with van der Waals surface area (Å²) in [4.78, 5) is 16.1. The SMILES string of the molecule is CCS(=O)(=O)c1ccc(NC(=O)c2ccncc2Cl)cc1. The number of anilines is 1. The van der Waals surface area contributed by atoms with Crippen LogP contribution >= 0.6 is 11.6 Å². The summed E-state index contributed by atoms with van der Waals surface area (Å²) in [7, 11) is -3.24. The Labute approximate surface area is 127 Å². The maximum atomic E-state index is 12.0. The van der Waals surface area contributed by atoms with Crippen LogP contribution < -0.4 is 5.32 Å². The Hall–Kier alpha value is -1.92. The third-order valence-corrected chi connectivity index (χ3v) is 4.92. The summed E-state index contributed by atoms with van der Waals surface area (Å²) in [6.45, 7) is 1.58. The molecule has 0 saturated carbocycles. The van der Waals surface area contributed by atoms with Crippen molar-refractivity contribution in [1.82, 2.24) is 4.98 Å². The van der Waals surface area contributed by atoms with Gasteiger partial charge in [0.05, 0.1) is 21.2 Å². The standard InChI is InChI=1S/C14H13ClN2O3S/c1-2-21(19,20)11-5-3-10(4-6-11)17-14(18)12-7-8-16-9-13(12)15/h3-9H,2H2,1H3,(H,17,18). The van der Waals surface area contributed by atoms with Crippen molar-refractivity contribution >= 4 is 33.0 Å². The first-order valence-corrected chi connectivity index (χ1v) is 8.21. The highest BCUT2D eigenvalue weighted by atomic mass is 35.5. The molecule has 1 aromatic carbocycles. The van der Waals surface area contributed by atoms with E-state index in [2.05, 4.69) is 10.3 Å². The lowest BCUT2D eigenvalue weighted by Crippen LogP contribution is -2.12. The van der Waals surface area contributed by atoms with Gasteiger partial charge in [-0.3, -0.25) is 9.78 Å². The fourth-order valence-electron chi connectivity index (χ4n) is 1.67. The molecular formula is C14H13ClN2O3S. The molecule has 0 aliphatic rings. The minimum atomic E-state index is -3.24. The average molecular weight is 325 g/mol. The van der Waals surface area contributed by atoms with Crippen LogP contribution in [-0.2, 0) is 9.84 Å². The number of carbonyl (C=O) groups is 1. The molecule has 2 rings (SSSR count). The highest BCUT2D eigenvalue weighted by Crippen LogP contribution is 2.18. The fourth-order valence-corrected chi connectivity index (χ4v) is 2.76. The lowest BCUT2D eigenvalue weighted by atomic mass is 10.2. The van der Waals surface area contributed by atoms with Gasteiger partial charge in [-0.25, -0.2) is 8.42 Å². The minimum Gasteiger partial charge on any atom is -0.322 e. The Kier molecular flexibility index (Phi) is 4.59. The topological polar surface area (TPSA) is 76.1 Å². The third-order valence-electron chi connectivity index (χ3n) is 2.87. The Balaban J connectivity index is 2.18. The maximum absolute atomic E-state index is 12.0. The van der Waals surface area contributed by atoms with Crippen LogP contribution in [0.15, 0.2) is 47.6 Å². The molecule has 0 aliphatic carbocycles. The van der Waals surface area contributed by atoms with Gasteiger partial charge in [0.15, 0.2) is 9.84 Å². The van der Waals surface area contributed by atoms with Crippen molar-refractivity contribution in [2.45, 2.75) is 11.8 Å². The van der Waals surface area contributed by atoms with Gasteiger partial charge in [-0.2, -0.15) is 0 Å². The van der Waals surface area contributed by atoms with E-state index in [9.17, 15) is 13.2 Å². The summed E-state index contributed by atoms with van der Waals surface area (Å²) in [6.07, 6.45) is 2.85. The van der Waals surface area contributed by atoms with Gasteiger partial charge < -0.3 is 5.32 Å². The van der Waals surface area contributed by atoms with Crippen molar-refractivity contribution in [3.63, 3.8) is 0 Å². The van der Waals surface area contributed by atoms with E-state index in [0.717, 1.165) is 0 Å². The predicted octanol–water partition coefficient (Wildman–Crippen LogP) is 2.78. The summed E-state index contributed by atoms with van der Waals surface area (Å²) in [5.74, 6) is -0.348. The number of nitrogens with one attached hydrogen (secondary N) is 1. The van der Waals surface area contributed by atoms with E-state index in [-0.39, 0.29) is 21.6 Å². The van der Waals surface area contributed by atoms with Gasteiger partial charge in [0, 0.05) is 18.1 Å². The minimum absolute atomic E-state index is 0.0331. The van der Waals surface area contributed by atoms with Crippen molar-refractivity contribution in [2.24, 2.45) is 0 Å². The van der Waals surface area contributed by atoms with E-state index in [1.165, 1.54) is 42.7 Å². The van der Waals surface area contributed by atoms with E-state index in [0.29, 0.717) is 11.3 Å². The van der Waals surface area contributed by atoms with Crippen LogP contribution in [0.3, 0.4) is 0 Å². The molecule has 21 heavy (non-hydrogen) atoms. The molecule has 0 fully saturated rings. The van der Waals surface area contributed by atoms with Crippen LogP contribution in [0.1, 0.15) is 17.3 Å². The Morgan fingerprint density at radius 1 is 1.24 bits per heavy atom. The fraction of sp³-hybridized carbons (Fsp3) is 0.143. The van der Waals surface area contributed by atoms with Crippen molar-refractivity contribution < 1.29 is 13.2 Å². The molecule has 0 radical (unpaired) electrons. The number of hydrogen-bond donors (Lipinski definition) is 1. The predicted molar refractivity (Wildman–Crippen MR) is 81.4 cm³/mol. The first kappa shape index (κ1) is 15.5. The number of carbonyl (C=O) groups excluding carboxylic acids is 1. The zero-order valence-electron chi connectivity index (χ0n) is 11.2. The van der Waals surface area contributed by atoms with Crippen molar-refractivity contribution in [2.75, 3.05) is 11.1 Å². The van der Waals surface area contributed by atoms with Gasteiger partial charge in [0.1, 0.15) is 0 Å². The summed E-state index contributed by atoms with van der Waals surface area (Å²) in [6, 6.07) is 7.50. The maximum Gasteiger partial charge on any atom is 0.257 e. The molecule has 0 spiro atoms. The van der Waals surface area contributed by atoms with Gasteiger partial charge in [0.2, 0.25) is 0 Å². The quantitative estimate of drug-likeness (QED) is 0.938. The molecule has 1 amide bonds. The normalized spacial score (nSPS) is 11.1. The van der Waals surface area contributed by atoms with E-state index < -0.39 is 9.84 Å². The average Bonchev–Trinajstić information content (AvgIpc) is 2.48. The van der Waals surface area contributed by atoms with E-state index in [4.69, 9.17) is 11.6 Å². The van der Waals surface area contributed by atoms with Crippen LogP contribution in [0.4, 0.5) is 5.69 Å². The number of sulfone groups is 1. The Morgan fingerprint density at radius 3 is 2.48 bits per heavy atom. The molecule has 2 aromatic rings. The number of halogens is 1. The number of benzene rings is 1. The second-order valence-electron chi connectivity index (χ2n) is 4.24. The first-order chi connectivity index (χ1) is 9.94. The molecule has 7 heteroatoms. The molecule has 0 unspecified atom stereocenters. The lowest BCUT2D eigenvalue weighted by Gasteiger charge is -2.07. The molecule has 0 atom stereocenters. The van der Waals surface area contributed by atoms with Crippen LogP contribution in [-0.4, -0.2) is 25.1 Å². The second-order valence-corrected chi connectivity index (χ2v) is 6.92. The number of pyridine rings is 1. The van der Waals surface area contributed by atoms with Crippen LogP contribution in [0.2, 0.25) is 5.02 Å². The molecule has 1 heterocycles. The highest BCUT2D eigenvalue weighted by molar-refractivity contribution is 7.91. The Bertz CT molecular complexity index is 758. The Morgan fingerprint density at radius 2 is 1.90 bits per heavy atom. The number of hydrogen-bond acceptors (Lipinski definition) is 4. The van der Waals surface area contributed by atoms with Crippen LogP contribution in [0.25, 0.3) is 0 Å². The zero-order valence-corrected chi connectivity index (χ0v) is 12.8. The summed E-state index contributed by atoms with van der Waals surface area (Å²) >= 11 is 5.89. The number of amides is 1. The molecule has 0 saturated heterocycles.